The maximum absolute atomic E-state index is 11.6. The Morgan fingerprint density at radius 2 is 1.74 bits per heavy atom. The van der Waals surface area contributed by atoms with Gasteiger partial charge < -0.3 is 21.1 Å². The highest BCUT2D eigenvalue weighted by Gasteiger charge is 2.26. The van der Waals surface area contributed by atoms with Gasteiger partial charge in [0.15, 0.2) is 0 Å². The highest BCUT2D eigenvalue weighted by atomic mass is 16.4. The summed E-state index contributed by atoms with van der Waals surface area (Å²) in [6, 6.07) is 0.277. The van der Waals surface area contributed by atoms with Crippen LogP contribution in [0.3, 0.4) is 0 Å². The molecule has 1 fully saturated rings. The molecule has 2 unspecified atom stereocenters. The van der Waals surface area contributed by atoms with Crippen LogP contribution in [0.25, 0.3) is 0 Å². The average Bonchev–Trinajstić information content (AvgIpc) is 2.80. The third-order valence-corrected chi connectivity index (χ3v) is 4.09. The quantitative estimate of drug-likeness (QED) is 0.410. The Morgan fingerprint density at radius 1 is 1.04 bits per heavy atom. The van der Waals surface area contributed by atoms with Gasteiger partial charge in [-0.05, 0) is 32.6 Å². The Hall–Kier alpha value is -1.79. The molecule has 0 saturated carbocycles. The normalized spacial score (nSPS) is 20.0. The number of nitrogens with one attached hydrogen (secondary N) is 3. The van der Waals surface area contributed by atoms with E-state index < -0.39 is 5.97 Å². The summed E-state index contributed by atoms with van der Waals surface area (Å²) in [6.45, 7) is 2.61. The standard InChI is InChI=1S/C16H29N3O4/c1-12-13(19-16(23)18-12)8-4-2-5-9-14(20)17-11-7-3-6-10-15(21)22/h12-13H,2-11H2,1H3,(H,17,20)(H,21,22)(H2,18,19,23). The number of unbranched alkanes of at least 4 members (excludes halogenated alkanes) is 4. The molecular weight excluding hydrogens is 298 g/mol. The van der Waals surface area contributed by atoms with Crippen molar-refractivity contribution in [3.63, 3.8) is 0 Å². The number of hydrogen-bond acceptors (Lipinski definition) is 3. The lowest BCUT2D eigenvalue weighted by atomic mass is 10.0. The molecule has 1 rings (SSSR count). The van der Waals surface area contributed by atoms with Crippen LogP contribution < -0.4 is 16.0 Å². The smallest absolute Gasteiger partial charge is 0.315 e. The van der Waals surface area contributed by atoms with Crippen molar-refractivity contribution >= 4 is 17.9 Å². The van der Waals surface area contributed by atoms with Gasteiger partial charge in [0.1, 0.15) is 0 Å². The lowest BCUT2D eigenvalue weighted by Gasteiger charge is -2.13. The van der Waals surface area contributed by atoms with E-state index in [9.17, 15) is 14.4 Å². The third kappa shape index (κ3) is 9.05. The average molecular weight is 327 g/mol. The van der Waals surface area contributed by atoms with Crippen LogP contribution in [0.15, 0.2) is 0 Å². The molecule has 1 heterocycles. The van der Waals surface area contributed by atoms with E-state index in [0.717, 1.165) is 38.5 Å². The first-order valence-electron chi connectivity index (χ1n) is 8.54. The predicted octanol–water partition coefficient (Wildman–Crippen LogP) is 1.77. The molecule has 1 aliphatic rings. The molecule has 132 valence electrons. The van der Waals surface area contributed by atoms with E-state index in [1.807, 2.05) is 6.92 Å². The molecule has 0 aliphatic carbocycles. The molecule has 0 aromatic carbocycles. The van der Waals surface area contributed by atoms with E-state index >= 15 is 0 Å². The fourth-order valence-electron chi connectivity index (χ4n) is 2.69. The number of aliphatic carboxylic acids is 1. The number of carbonyl (C=O) groups is 3. The minimum absolute atomic E-state index is 0.0624. The fraction of sp³-hybridized carbons (Fsp3) is 0.812. The summed E-state index contributed by atoms with van der Waals surface area (Å²) < 4.78 is 0. The van der Waals surface area contributed by atoms with Gasteiger partial charge in [-0.2, -0.15) is 0 Å². The van der Waals surface area contributed by atoms with Gasteiger partial charge in [-0.3, -0.25) is 9.59 Å². The molecule has 7 nitrogen and oxygen atoms in total. The van der Waals surface area contributed by atoms with Crippen molar-refractivity contribution in [2.45, 2.75) is 76.8 Å². The fourth-order valence-corrected chi connectivity index (χ4v) is 2.69. The van der Waals surface area contributed by atoms with Gasteiger partial charge in [-0.15, -0.1) is 0 Å². The number of hydrogen-bond donors (Lipinski definition) is 4. The Morgan fingerprint density at radius 3 is 2.39 bits per heavy atom. The van der Waals surface area contributed by atoms with Gasteiger partial charge in [0, 0.05) is 25.4 Å². The maximum atomic E-state index is 11.6. The van der Waals surface area contributed by atoms with Gasteiger partial charge in [0.05, 0.1) is 6.04 Å². The first-order valence-corrected chi connectivity index (χ1v) is 8.54. The summed E-state index contributed by atoms with van der Waals surface area (Å²) in [6.07, 6.45) is 6.81. The summed E-state index contributed by atoms with van der Waals surface area (Å²) >= 11 is 0. The molecule has 3 amide bonds. The molecule has 1 aliphatic heterocycles. The Kier molecular flexibility index (Phi) is 9.09. The van der Waals surface area contributed by atoms with Gasteiger partial charge in [-0.1, -0.05) is 19.3 Å². The molecule has 2 atom stereocenters. The van der Waals surface area contributed by atoms with E-state index in [1.165, 1.54) is 0 Å². The van der Waals surface area contributed by atoms with E-state index in [4.69, 9.17) is 5.11 Å². The third-order valence-electron chi connectivity index (χ3n) is 4.09. The van der Waals surface area contributed by atoms with Gasteiger partial charge in [0.25, 0.3) is 0 Å². The van der Waals surface area contributed by atoms with Crippen molar-refractivity contribution in [1.82, 2.24) is 16.0 Å². The number of urea groups is 1. The topological polar surface area (TPSA) is 108 Å². The van der Waals surface area contributed by atoms with Gasteiger partial charge in [0.2, 0.25) is 5.91 Å². The summed E-state index contributed by atoms with van der Waals surface area (Å²) in [5.41, 5.74) is 0. The monoisotopic (exact) mass is 327 g/mol. The number of carbonyl (C=O) groups excluding carboxylic acids is 2. The Bertz CT molecular complexity index is 401. The lowest BCUT2D eigenvalue weighted by molar-refractivity contribution is -0.137. The molecule has 0 aromatic heterocycles. The second-order valence-corrected chi connectivity index (χ2v) is 6.17. The van der Waals surface area contributed by atoms with Crippen LogP contribution in [0.1, 0.15) is 64.7 Å². The van der Waals surface area contributed by atoms with Crippen LogP contribution in [0.5, 0.6) is 0 Å². The number of rotatable bonds is 12. The summed E-state index contributed by atoms with van der Waals surface area (Å²) in [7, 11) is 0. The number of carboxylic acid groups (broad SMARTS) is 1. The van der Waals surface area contributed by atoms with Crippen LogP contribution in [0.4, 0.5) is 4.79 Å². The molecule has 0 spiro atoms. The molecular formula is C16H29N3O4. The lowest BCUT2D eigenvalue weighted by Crippen LogP contribution is -2.30. The largest absolute Gasteiger partial charge is 0.481 e. The second kappa shape index (κ2) is 10.9. The zero-order valence-electron chi connectivity index (χ0n) is 13.9. The maximum Gasteiger partial charge on any atom is 0.315 e. The zero-order valence-corrected chi connectivity index (χ0v) is 13.9. The minimum Gasteiger partial charge on any atom is -0.481 e. The highest BCUT2D eigenvalue weighted by Crippen LogP contribution is 2.11. The molecule has 0 bridgehead atoms. The molecule has 1 saturated heterocycles. The van der Waals surface area contributed by atoms with Crippen molar-refractivity contribution in [3.8, 4) is 0 Å². The molecule has 4 N–H and O–H groups in total. The Labute approximate surface area is 137 Å². The van der Waals surface area contributed by atoms with Crippen molar-refractivity contribution in [2.75, 3.05) is 6.54 Å². The van der Waals surface area contributed by atoms with Crippen molar-refractivity contribution in [3.05, 3.63) is 0 Å². The van der Waals surface area contributed by atoms with E-state index in [-0.39, 0.29) is 30.4 Å². The van der Waals surface area contributed by atoms with Crippen LogP contribution >= 0.6 is 0 Å². The SMILES string of the molecule is CC1NC(=O)NC1CCCCCC(=O)NCCCCCC(=O)O. The van der Waals surface area contributed by atoms with Gasteiger partial charge >= 0.3 is 12.0 Å². The van der Waals surface area contributed by atoms with Crippen molar-refractivity contribution < 1.29 is 19.5 Å². The first kappa shape index (κ1) is 19.3. The van der Waals surface area contributed by atoms with Crippen LogP contribution in [-0.2, 0) is 9.59 Å². The molecule has 0 radical (unpaired) electrons. The van der Waals surface area contributed by atoms with E-state index in [2.05, 4.69) is 16.0 Å². The first-order chi connectivity index (χ1) is 11.0. The van der Waals surface area contributed by atoms with Crippen LogP contribution in [0, 0.1) is 0 Å². The number of amides is 3. The summed E-state index contributed by atoms with van der Waals surface area (Å²) in [5, 5.41) is 17.1. The van der Waals surface area contributed by atoms with Crippen LogP contribution in [0.2, 0.25) is 0 Å². The van der Waals surface area contributed by atoms with Crippen molar-refractivity contribution in [2.24, 2.45) is 0 Å². The summed E-state index contributed by atoms with van der Waals surface area (Å²) in [4.78, 5) is 33.1. The minimum atomic E-state index is -0.767. The van der Waals surface area contributed by atoms with E-state index in [0.29, 0.717) is 19.4 Å². The van der Waals surface area contributed by atoms with Crippen molar-refractivity contribution in [1.29, 1.82) is 0 Å². The predicted molar refractivity (Wildman–Crippen MR) is 87.1 cm³/mol. The van der Waals surface area contributed by atoms with Gasteiger partial charge in [-0.25, -0.2) is 4.79 Å². The highest BCUT2D eigenvalue weighted by molar-refractivity contribution is 5.77. The summed E-state index contributed by atoms with van der Waals surface area (Å²) in [5.74, 6) is -0.705. The Balaban J connectivity index is 1.90. The zero-order chi connectivity index (χ0) is 17.1. The molecule has 0 aromatic rings. The molecule has 7 heteroatoms. The van der Waals surface area contributed by atoms with Crippen LogP contribution in [-0.4, -0.2) is 41.6 Å². The second-order valence-electron chi connectivity index (χ2n) is 6.17. The molecule has 23 heavy (non-hydrogen) atoms. The van der Waals surface area contributed by atoms with E-state index in [1.54, 1.807) is 0 Å². The number of carboxylic acids is 1.